The predicted octanol–water partition coefficient (Wildman–Crippen LogP) is 11.1. The predicted molar refractivity (Wildman–Crippen MR) is 102 cm³/mol. The lowest BCUT2D eigenvalue weighted by atomic mass is 9.88. The molecule has 2 atom stereocenters. The Morgan fingerprint density at radius 1 is 0.277 bits per heavy atom. The lowest BCUT2D eigenvalue weighted by Crippen LogP contribution is -2.62. The Labute approximate surface area is 241 Å². The summed E-state index contributed by atoms with van der Waals surface area (Å²) in [5.74, 6) is 0. The van der Waals surface area contributed by atoms with Crippen LogP contribution >= 0.6 is 0 Å². The summed E-state index contributed by atoms with van der Waals surface area (Å²) in [6.07, 6.45) is -56.7. The van der Waals surface area contributed by atoms with E-state index in [1.54, 1.807) is 0 Å². The molecule has 0 N–H and O–H groups in total. The normalized spacial score (nSPS) is 17.4. The maximum absolute atomic E-state index is 15.2. The van der Waals surface area contributed by atoms with Crippen LogP contribution in [0.5, 0.6) is 0 Å². The third-order valence-electron chi connectivity index (χ3n) is 5.81. The zero-order chi connectivity index (χ0) is 37.4. The van der Waals surface area contributed by atoms with Crippen molar-refractivity contribution in [1.29, 1.82) is 0 Å². The summed E-state index contributed by atoms with van der Waals surface area (Å²) in [6.45, 7) is 0. The van der Waals surface area contributed by atoms with Gasteiger partial charge in [0.1, 0.15) is 0 Å². The second kappa shape index (κ2) is 11.1. The number of halogens is 24. The number of hydrogen-bond donors (Lipinski definition) is 0. The minimum atomic E-state index is -7.99. The van der Waals surface area contributed by atoms with Gasteiger partial charge in [-0.3, -0.25) is 0 Å². The molecule has 0 bridgehead atoms. The Morgan fingerprint density at radius 3 is 0.596 bits per heavy atom. The minimum absolute atomic E-state index is 1.13. The van der Waals surface area contributed by atoms with E-state index in [2.05, 4.69) is 0 Å². The molecular formula is C22H6F24O. The molecule has 0 aliphatic heterocycles. The van der Waals surface area contributed by atoms with E-state index in [1.807, 2.05) is 4.74 Å². The first-order valence-corrected chi connectivity index (χ1v) is 10.9. The Balaban J connectivity index is 3.01. The van der Waals surface area contributed by atoms with Gasteiger partial charge in [-0.25, -0.2) is 13.5 Å². The van der Waals surface area contributed by atoms with E-state index >= 15 is 8.78 Å². The van der Waals surface area contributed by atoms with Crippen LogP contribution in [0.4, 0.5) is 105 Å². The van der Waals surface area contributed by atoms with Gasteiger partial charge in [0.15, 0.2) is 0 Å². The third-order valence-corrected chi connectivity index (χ3v) is 5.81. The monoisotopic (exact) mass is 742 g/mol. The van der Waals surface area contributed by atoms with Crippen LogP contribution in [0.25, 0.3) is 0 Å². The average Bonchev–Trinajstić information content (AvgIpc) is 2.82. The molecule has 0 heterocycles. The largest absolute Gasteiger partial charge is 0.435 e. The van der Waals surface area contributed by atoms with Gasteiger partial charge >= 0.3 is 60.6 Å². The van der Waals surface area contributed by atoms with Gasteiger partial charge in [0.25, 0.3) is 0 Å². The van der Waals surface area contributed by atoms with Gasteiger partial charge in [0, 0.05) is 11.1 Å². The summed E-state index contributed by atoms with van der Waals surface area (Å²) in [7, 11) is 0. The second-order valence-electron chi connectivity index (χ2n) is 9.04. The first kappa shape index (κ1) is 39.9. The number of hydrogen-bond acceptors (Lipinski definition) is 1. The van der Waals surface area contributed by atoms with E-state index in [0.717, 1.165) is 0 Å². The minimum Gasteiger partial charge on any atom is -0.249 e. The van der Waals surface area contributed by atoms with Crippen molar-refractivity contribution >= 4 is 0 Å². The summed E-state index contributed by atoms with van der Waals surface area (Å²) < 4.78 is 330. The molecule has 0 amide bonds. The topological polar surface area (TPSA) is 9.23 Å². The van der Waals surface area contributed by atoms with Crippen LogP contribution in [0.2, 0.25) is 0 Å². The van der Waals surface area contributed by atoms with Crippen LogP contribution in [-0.4, -0.2) is 24.6 Å². The Bertz CT molecular complexity index is 1280. The molecule has 2 unspecified atom stereocenters. The van der Waals surface area contributed by atoms with Crippen molar-refractivity contribution in [3.63, 3.8) is 0 Å². The lowest BCUT2D eigenvalue weighted by Gasteiger charge is -2.40. The maximum Gasteiger partial charge on any atom is 0.435 e. The van der Waals surface area contributed by atoms with Gasteiger partial charge in [-0.05, 0) is 36.4 Å². The molecule has 0 aromatic heterocycles. The van der Waals surface area contributed by atoms with E-state index in [0.29, 0.717) is 0 Å². The summed E-state index contributed by atoms with van der Waals surface area (Å²) in [5, 5.41) is 0. The molecule has 1 nitrogen and oxygen atoms in total. The van der Waals surface area contributed by atoms with Crippen LogP contribution in [0.1, 0.15) is 33.4 Å². The van der Waals surface area contributed by atoms with Crippen molar-refractivity contribution in [2.45, 2.75) is 60.6 Å². The van der Waals surface area contributed by atoms with E-state index in [4.69, 9.17) is 0 Å². The second-order valence-corrected chi connectivity index (χ2v) is 9.04. The smallest absolute Gasteiger partial charge is 0.249 e. The van der Waals surface area contributed by atoms with Gasteiger partial charge in [0.05, 0.1) is 22.3 Å². The molecule has 0 radical (unpaired) electrons. The molecule has 0 saturated carbocycles. The summed E-state index contributed by atoms with van der Waals surface area (Å²) in [6, 6.07) is -8.34. The maximum atomic E-state index is 15.2. The number of alkyl halides is 24. The third kappa shape index (κ3) is 7.27. The van der Waals surface area contributed by atoms with Crippen molar-refractivity contribution in [1.82, 2.24) is 0 Å². The lowest BCUT2D eigenvalue weighted by molar-refractivity contribution is -0.489. The Morgan fingerprint density at radius 2 is 0.447 bits per heavy atom. The molecule has 268 valence electrons. The zero-order valence-corrected chi connectivity index (χ0v) is 20.9. The van der Waals surface area contributed by atoms with Crippen molar-refractivity contribution in [3.8, 4) is 0 Å². The highest BCUT2D eigenvalue weighted by molar-refractivity contribution is 5.40. The van der Waals surface area contributed by atoms with E-state index in [9.17, 15) is 96.6 Å². The molecule has 2 aromatic carbocycles. The fourth-order valence-electron chi connectivity index (χ4n) is 3.60. The quantitative estimate of drug-likeness (QED) is 0.268. The molecule has 0 aliphatic rings. The number of rotatable bonds is 6. The van der Waals surface area contributed by atoms with Gasteiger partial charge < -0.3 is 0 Å². The van der Waals surface area contributed by atoms with Gasteiger partial charge in [-0.15, -0.1) is 0 Å². The van der Waals surface area contributed by atoms with E-state index < -0.39 is 130 Å². The fourth-order valence-corrected chi connectivity index (χ4v) is 3.60. The molecule has 47 heavy (non-hydrogen) atoms. The molecule has 0 fully saturated rings. The van der Waals surface area contributed by atoms with Crippen molar-refractivity contribution in [3.05, 3.63) is 69.8 Å². The Hall–Kier alpha value is -3.28. The van der Waals surface area contributed by atoms with Crippen LogP contribution in [0.15, 0.2) is 36.4 Å². The highest BCUT2D eigenvalue weighted by Crippen LogP contribution is 2.60. The van der Waals surface area contributed by atoms with Crippen molar-refractivity contribution in [2.24, 2.45) is 0 Å². The molecule has 0 saturated heterocycles. The summed E-state index contributed by atoms with van der Waals surface area (Å²) in [5.41, 5.74) is -34.6. The van der Waals surface area contributed by atoms with Gasteiger partial charge in [-0.2, -0.15) is 96.6 Å². The first-order chi connectivity index (χ1) is 20.3. The SMILES string of the molecule is FC(F)(F)c1cc(C(F)(F)F)cc(C(F)(C(F)(F)F)C(F)(F)OC(F)(F)C(F)(c2cc(C(F)(F)F)cc(C(F)(F)F)c2)C(F)(F)F)c1. The van der Waals surface area contributed by atoms with Crippen molar-refractivity contribution < 1.29 is 110 Å². The van der Waals surface area contributed by atoms with Crippen LogP contribution in [0.3, 0.4) is 0 Å². The highest BCUT2D eigenvalue weighted by Gasteiger charge is 2.81. The average molecular weight is 742 g/mol. The fraction of sp³-hybridized carbons (Fsp3) is 0.455. The molecular weight excluding hydrogens is 736 g/mol. The highest BCUT2D eigenvalue weighted by atomic mass is 19.4. The van der Waals surface area contributed by atoms with Crippen LogP contribution in [-0.2, 0) is 40.8 Å². The van der Waals surface area contributed by atoms with E-state index in [-0.39, 0.29) is 0 Å². The number of benzene rings is 2. The number of ether oxygens (including phenoxy) is 1. The summed E-state index contributed by atoms with van der Waals surface area (Å²) >= 11 is 0. The zero-order valence-electron chi connectivity index (χ0n) is 20.9. The van der Waals surface area contributed by atoms with Crippen LogP contribution in [0, 0.1) is 0 Å². The Kier molecular flexibility index (Phi) is 9.45. The van der Waals surface area contributed by atoms with Gasteiger partial charge in [0.2, 0.25) is 0 Å². The standard InChI is InChI=1S/C22H6F24O/c23-13(19(37,38)39,7-1-9(15(25,26)27)5-10(2-7)16(28,29)30)21(43,44)47-22(45,46)14(24,20(40,41)42)8-3-11(17(31,32)33)6-12(4-8)18(34,35)36/h1-6H. The van der Waals surface area contributed by atoms with Gasteiger partial charge in [-0.1, -0.05) is 0 Å². The summed E-state index contributed by atoms with van der Waals surface area (Å²) in [4.78, 5) is 0. The molecule has 0 spiro atoms. The molecule has 25 heteroatoms. The molecule has 0 aliphatic carbocycles. The molecule has 2 rings (SSSR count). The van der Waals surface area contributed by atoms with Crippen LogP contribution < -0.4 is 0 Å². The first-order valence-electron chi connectivity index (χ1n) is 10.9. The van der Waals surface area contributed by atoms with Crippen molar-refractivity contribution in [2.75, 3.05) is 0 Å². The molecule has 2 aromatic rings. The van der Waals surface area contributed by atoms with E-state index in [1.165, 1.54) is 0 Å².